The first kappa shape index (κ1) is 14.8. The van der Waals surface area contributed by atoms with E-state index in [2.05, 4.69) is 10.3 Å². The molecule has 4 heteroatoms. The smallest absolute Gasteiger partial charge is 0.268 e. The second-order valence-electron chi connectivity index (χ2n) is 5.16. The number of aromatic amines is 1. The summed E-state index contributed by atoms with van der Waals surface area (Å²) in [7, 11) is 0. The van der Waals surface area contributed by atoms with Gasteiger partial charge in [0.15, 0.2) is 0 Å². The Kier molecular flexibility index (Phi) is 4.34. The highest BCUT2D eigenvalue weighted by Gasteiger charge is 2.17. The van der Waals surface area contributed by atoms with Crippen LogP contribution in [-0.2, 0) is 0 Å². The Morgan fingerprint density at radius 3 is 1.87 bits per heavy atom. The van der Waals surface area contributed by atoms with Crippen molar-refractivity contribution in [2.45, 2.75) is 6.04 Å². The normalized spacial score (nSPS) is 10.5. The largest absolute Gasteiger partial charge is 0.340 e. The first-order chi connectivity index (χ1) is 11.2. The average Bonchev–Trinajstić information content (AvgIpc) is 2.61. The summed E-state index contributed by atoms with van der Waals surface area (Å²) in [6.45, 7) is 0. The van der Waals surface area contributed by atoms with Gasteiger partial charge in [-0.3, -0.25) is 9.59 Å². The summed E-state index contributed by atoms with van der Waals surface area (Å²) in [6.07, 6.45) is 0. The SMILES string of the molecule is O=C(NC(c1ccccc1)c1ccccc1)c1cccc(=O)[nH]1. The lowest BCUT2D eigenvalue weighted by Crippen LogP contribution is -2.31. The van der Waals surface area contributed by atoms with Crippen LogP contribution in [-0.4, -0.2) is 10.9 Å². The van der Waals surface area contributed by atoms with Crippen LogP contribution in [0.4, 0.5) is 0 Å². The fraction of sp³-hybridized carbons (Fsp3) is 0.0526. The zero-order valence-corrected chi connectivity index (χ0v) is 12.4. The van der Waals surface area contributed by atoms with Crippen LogP contribution in [0.5, 0.6) is 0 Å². The molecule has 3 rings (SSSR count). The van der Waals surface area contributed by atoms with E-state index in [9.17, 15) is 9.59 Å². The van der Waals surface area contributed by atoms with Gasteiger partial charge in [-0.1, -0.05) is 66.7 Å². The third kappa shape index (κ3) is 3.55. The molecular formula is C19H16N2O2. The minimum Gasteiger partial charge on any atom is -0.340 e. The molecule has 0 bridgehead atoms. The molecule has 2 aromatic carbocycles. The lowest BCUT2D eigenvalue weighted by Gasteiger charge is -2.19. The molecule has 0 radical (unpaired) electrons. The number of benzene rings is 2. The molecule has 1 heterocycles. The molecule has 0 aliphatic carbocycles. The van der Waals surface area contributed by atoms with E-state index in [0.717, 1.165) is 11.1 Å². The second kappa shape index (κ2) is 6.75. The summed E-state index contributed by atoms with van der Waals surface area (Å²) in [5, 5.41) is 2.98. The maximum atomic E-state index is 12.5. The summed E-state index contributed by atoms with van der Waals surface area (Å²) < 4.78 is 0. The van der Waals surface area contributed by atoms with E-state index < -0.39 is 0 Å². The average molecular weight is 304 g/mol. The van der Waals surface area contributed by atoms with Crippen molar-refractivity contribution in [3.05, 3.63) is 106 Å². The van der Waals surface area contributed by atoms with Crippen molar-refractivity contribution in [3.8, 4) is 0 Å². The number of amides is 1. The molecule has 0 unspecified atom stereocenters. The third-order valence-electron chi connectivity index (χ3n) is 3.55. The Balaban J connectivity index is 1.93. The lowest BCUT2D eigenvalue weighted by molar-refractivity contribution is 0.0937. The first-order valence-corrected chi connectivity index (χ1v) is 7.34. The molecular weight excluding hydrogens is 288 g/mol. The molecule has 23 heavy (non-hydrogen) atoms. The van der Waals surface area contributed by atoms with Crippen molar-refractivity contribution in [1.82, 2.24) is 10.3 Å². The number of hydrogen-bond acceptors (Lipinski definition) is 2. The van der Waals surface area contributed by atoms with Crippen molar-refractivity contribution in [2.75, 3.05) is 0 Å². The molecule has 3 aromatic rings. The van der Waals surface area contributed by atoms with Gasteiger partial charge in [-0.25, -0.2) is 0 Å². The fourth-order valence-electron chi connectivity index (χ4n) is 2.44. The second-order valence-corrected chi connectivity index (χ2v) is 5.16. The van der Waals surface area contributed by atoms with E-state index in [0.29, 0.717) is 0 Å². The summed E-state index contributed by atoms with van der Waals surface area (Å²) in [5.41, 5.74) is 1.90. The number of carbonyl (C=O) groups is 1. The predicted octanol–water partition coefficient (Wildman–Crippen LogP) is 2.89. The van der Waals surface area contributed by atoms with Gasteiger partial charge in [0.05, 0.1) is 6.04 Å². The van der Waals surface area contributed by atoms with Crippen LogP contribution in [0.25, 0.3) is 0 Å². The molecule has 0 spiro atoms. The third-order valence-corrected chi connectivity index (χ3v) is 3.55. The predicted molar refractivity (Wildman–Crippen MR) is 89.3 cm³/mol. The van der Waals surface area contributed by atoms with Crippen LogP contribution in [0.15, 0.2) is 83.7 Å². The monoisotopic (exact) mass is 304 g/mol. The summed E-state index contributed by atoms with van der Waals surface area (Å²) in [6, 6.07) is 23.7. The molecule has 1 amide bonds. The Morgan fingerprint density at radius 1 is 0.783 bits per heavy atom. The molecule has 0 fully saturated rings. The summed E-state index contributed by atoms with van der Waals surface area (Å²) >= 11 is 0. The van der Waals surface area contributed by atoms with Crippen molar-refractivity contribution < 1.29 is 4.79 Å². The Hall–Kier alpha value is -3.14. The minimum absolute atomic E-state index is 0.245. The number of hydrogen-bond donors (Lipinski definition) is 2. The zero-order chi connectivity index (χ0) is 16.1. The number of rotatable bonds is 4. The number of pyridine rings is 1. The topological polar surface area (TPSA) is 62.0 Å². The fourth-order valence-corrected chi connectivity index (χ4v) is 2.44. The standard InChI is InChI=1S/C19H16N2O2/c22-17-13-7-12-16(20-17)19(23)21-18(14-8-3-1-4-9-14)15-10-5-2-6-11-15/h1-13,18H,(H,20,22)(H,21,23). The van der Waals surface area contributed by atoms with Crippen LogP contribution < -0.4 is 10.9 Å². The Morgan fingerprint density at radius 2 is 1.35 bits per heavy atom. The molecule has 2 N–H and O–H groups in total. The molecule has 0 saturated heterocycles. The van der Waals surface area contributed by atoms with E-state index in [4.69, 9.17) is 0 Å². The van der Waals surface area contributed by atoms with Crippen molar-refractivity contribution in [1.29, 1.82) is 0 Å². The van der Waals surface area contributed by atoms with Crippen LogP contribution in [0.1, 0.15) is 27.7 Å². The molecule has 114 valence electrons. The van der Waals surface area contributed by atoms with E-state index in [-0.39, 0.29) is 23.2 Å². The number of aromatic nitrogens is 1. The van der Waals surface area contributed by atoms with Crippen LogP contribution in [0.2, 0.25) is 0 Å². The van der Waals surface area contributed by atoms with Gasteiger partial charge in [-0.15, -0.1) is 0 Å². The van der Waals surface area contributed by atoms with E-state index in [1.54, 1.807) is 12.1 Å². The first-order valence-electron chi connectivity index (χ1n) is 7.34. The highest BCUT2D eigenvalue weighted by atomic mass is 16.2. The van der Waals surface area contributed by atoms with Crippen molar-refractivity contribution in [3.63, 3.8) is 0 Å². The maximum absolute atomic E-state index is 12.5. The van der Waals surface area contributed by atoms with Crippen LogP contribution >= 0.6 is 0 Å². The Labute approximate surface area is 133 Å². The van der Waals surface area contributed by atoms with Gasteiger partial charge in [0.25, 0.3) is 5.91 Å². The molecule has 4 nitrogen and oxygen atoms in total. The highest BCUT2D eigenvalue weighted by molar-refractivity contribution is 5.92. The van der Waals surface area contributed by atoms with Gasteiger partial charge in [0.1, 0.15) is 5.69 Å². The molecule has 0 aliphatic rings. The van der Waals surface area contributed by atoms with Gasteiger partial charge in [-0.2, -0.15) is 0 Å². The summed E-state index contributed by atoms with van der Waals surface area (Å²) in [5.74, 6) is -0.319. The van der Waals surface area contributed by atoms with Crippen LogP contribution in [0, 0.1) is 0 Å². The maximum Gasteiger partial charge on any atom is 0.268 e. The number of carbonyl (C=O) groups excluding carboxylic acids is 1. The number of H-pyrrole nitrogens is 1. The number of nitrogens with one attached hydrogen (secondary N) is 2. The van der Waals surface area contributed by atoms with Crippen LogP contribution in [0.3, 0.4) is 0 Å². The van der Waals surface area contributed by atoms with E-state index >= 15 is 0 Å². The Bertz CT molecular complexity index is 802. The van der Waals surface area contributed by atoms with Crippen molar-refractivity contribution in [2.24, 2.45) is 0 Å². The highest BCUT2D eigenvalue weighted by Crippen LogP contribution is 2.22. The summed E-state index contributed by atoms with van der Waals surface area (Å²) in [4.78, 5) is 26.4. The van der Waals surface area contributed by atoms with E-state index in [1.165, 1.54) is 6.07 Å². The lowest BCUT2D eigenvalue weighted by atomic mass is 9.98. The van der Waals surface area contributed by atoms with Crippen molar-refractivity contribution >= 4 is 5.91 Å². The molecule has 0 saturated carbocycles. The minimum atomic E-state index is -0.319. The quantitative estimate of drug-likeness (QED) is 0.778. The zero-order valence-electron chi connectivity index (χ0n) is 12.4. The van der Waals surface area contributed by atoms with Gasteiger partial charge < -0.3 is 10.3 Å². The molecule has 1 aromatic heterocycles. The molecule has 0 aliphatic heterocycles. The van der Waals surface area contributed by atoms with Gasteiger partial charge in [0, 0.05) is 6.07 Å². The van der Waals surface area contributed by atoms with Gasteiger partial charge in [0.2, 0.25) is 5.56 Å². The van der Waals surface area contributed by atoms with Gasteiger partial charge in [-0.05, 0) is 17.2 Å². The van der Waals surface area contributed by atoms with E-state index in [1.807, 2.05) is 60.7 Å². The van der Waals surface area contributed by atoms with Gasteiger partial charge >= 0.3 is 0 Å². The molecule has 0 atom stereocenters.